The Bertz CT molecular complexity index is 929. The SMILES string of the molecule is NCCCOC1CCN(c2cc3c(cc2F)C(=O)N(C2CCC(=O)NC2=O)C3=O)CC1. The molecule has 1 aromatic carbocycles. The number of fused-ring (bicyclic) bond motifs is 1. The number of hydrogen-bond acceptors (Lipinski definition) is 7. The Morgan fingerprint density at radius 2 is 1.74 bits per heavy atom. The van der Waals surface area contributed by atoms with E-state index in [4.69, 9.17) is 10.5 Å². The number of imide groups is 2. The van der Waals surface area contributed by atoms with Crippen molar-refractivity contribution in [2.45, 2.75) is 44.2 Å². The van der Waals surface area contributed by atoms with Crippen molar-refractivity contribution in [1.29, 1.82) is 0 Å². The molecule has 0 bridgehead atoms. The number of nitrogens with zero attached hydrogens (tertiary/aromatic N) is 2. The van der Waals surface area contributed by atoms with Crippen LogP contribution < -0.4 is 16.0 Å². The number of nitrogens with two attached hydrogens (primary N) is 1. The molecular formula is C21H25FN4O5. The Morgan fingerprint density at radius 3 is 2.39 bits per heavy atom. The first-order chi connectivity index (χ1) is 14.9. The minimum absolute atomic E-state index is 0.0335. The van der Waals surface area contributed by atoms with Gasteiger partial charge in [0.15, 0.2) is 0 Å². The number of ether oxygens (including phenoxy) is 1. The molecular weight excluding hydrogens is 407 g/mol. The van der Waals surface area contributed by atoms with Crippen molar-refractivity contribution >= 4 is 29.3 Å². The Labute approximate surface area is 178 Å². The van der Waals surface area contributed by atoms with E-state index >= 15 is 0 Å². The molecule has 0 aromatic heterocycles. The van der Waals surface area contributed by atoms with Crippen LogP contribution in [0.15, 0.2) is 12.1 Å². The van der Waals surface area contributed by atoms with Crippen LogP contribution in [0.5, 0.6) is 0 Å². The fourth-order valence-corrected chi connectivity index (χ4v) is 4.32. The summed E-state index contributed by atoms with van der Waals surface area (Å²) in [4.78, 5) is 51.9. The summed E-state index contributed by atoms with van der Waals surface area (Å²) in [6.07, 6.45) is 2.41. The maximum atomic E-state index is 14.9. The highest BCUT2D eigenvalue weighted by Gasteiger charge is 2.45. The Hall–Kier alpha value is -2.85. The molecule has 2 saturated heterocycles. The summed E-state index contributed by atoms with van der Waals surface area (Å²) in [5, 5.41) is 2.15. The number of rotatable bonds is 6. The molecule has 1 atom stereocenters. The van der Waals surface area contributed by atoms with E-state index in [1.54, 1.807) is 0 Å². The second-order valence-corrected chi connectivity index (χ2v) is 8.00. The molecule has 3 heterocycles. The van der Waals surface area contributed by atoms with Crippen LogP contribution in [-0.2, 0) is 14.3 Å². The zero-order valence-electron chi connectivity index (χ0n) is 17.1. The maximum absolute atomic E-state index is 14.9. The van der Waals surface area contributed by atoms with Gasteiger partial charge in [-0.2, -0.15) is 0 Å². The van der Waals surface area contributed by atoms with E-state index in [2.05, 4.69) is 5.32 Å². The summed E-state index contributed by atoms with van der Waals surface area (Å²) in [6.45, 7) is 2.28. The molecule has 3 aliphatic rings. The average molecular weight is 432 g/mol. The van der Waals surface area contributed by atoms with Gasteiger partial charge >= 0.3 is 0 Å². The van der Waals surface area contributed by atoms with Gasteiger partial charge in [0.05, 0.1) is 22.9 Å². The normalized spacial score (nSPS) is 22.2. The Morgan fingerprint density at radius 1 is 1.06 bits per heavy atom. The molecule has 31 heavy (non-hydrogen) atoms. The largest absolute Gasteiger partial charge is 0.378 e. The highest BCUT2D eigenvalue weighted by atomic mass is 19.1. The lowest BCUT2D eigenvalue weighted by atomic mass is 10.0. The summed E-state index contributed by atoms with van der Waals surface area (Å²) >= 11 is 0. The van der Waals surface area contributed by atoms with Gasteiger partial charge in [0.25, 0.3) is 11.8 Å². The van der Waals surface area contributed by atoms with E-state index in [1.807, 2.05) is 4.90 Å². The fourth-order valence-electron chi connectivity index (χ4n) is 4.32. The Balaban J connectivity index is 1.50. The van der Waals surface area contributed by atoms with E-state index in [0.717, 1.165) is 30.2 Å². The predicted molar refractivity (Wildman–Crippen MR) is 108 cm³/mol. The molecule has 0 spiro atoms. The third-order valence-electron chi connectivity index (χ3n) is 5.99. The molecule has 0 radical (unpaired) electrons. The van der Waals surface area contributed by atoms with Crippen LogP contribution in [0.4, 0.5) is 10.1 Å². The van der Waals surface area contributed by atoms with Crippen LogP contribution in [-0.4, -0.2) is 66.9 Å². The van der Waals surface area contributed by atoms with Crippen LogP contribution >= 0.6 is 0 Å². The smallest absolute Gasteiger partial charge is 0.262 e. The monoisotopic (exact) mass is 432 g/mol. The van der Waals surface area contributed by atoms with Crippen molar-refractivity contribution in [3.05, 3.63) is 29.1 Å². The number of halogens is 1. The van der Waals surface area contributed by atoms with E-state index in [9.17, 15) is 23.6 Å². The van der Waals surface area contributed by atoms with Crippen molar-refractivity contribution in [3.63, 3.8) is 0 Å². The highest BCUT2D eigenvalue weighted by Crippen LogP contribution is 2.33. The van der Waals surface area contributed by atoms with Crippen molar-refractivity contribution in [3.8, 4) is 0 Å². The standard InChI is InChI=1S/C21H25FN4O5/c22-15-10-13-14(11-17(15)25-7-4-12(5-8-25)31-9-1-6-23)21(30)26(20(13)29)16-2-3-18(27)24-19(16)28/h10-12,16H,1-9,23H2,(H,24,27,28). The molecule has 166 valence electrons. The zero-order valence-corrected chi connectivity index (χ0v) is 17.1. The van der Waals surface area contributed by atoms with E-state index in [1.165, 1.54) is 6.07 Å². The molecule has 4 rings (SSSR count). The molecule has 3 N–H and O–H groups in total. The molecule has 10 heteroatoms. The second-order valence-electron chi connectivity index (χ2n) is 8.00. The lowest BCUT2D eigenvalue weighted by Gasteiger charge is -2.33. The number of hydrogen-bond donors (Lipinski definition) is 2. The molecule has 0 saturated carbocycles. The number of carbonyl (C=O) groups is 4. The van der Waals surface area contributed by atoms with Crippen LogP contribution in [0.2, 0.25) is 0 Å². The number of benzene rings is 1. The third kappa shape index (κ3) is 4.05. The van der Waals surface area contributed by atoms with E-state index in [0.29, 0.717) is 26.2 Å². The molecule has 1 unspecified atom stereocenters. The van der Waals surface area contributed by atoms with Crippen molar-refractivity contribution in [1.82, 2.24) is 10.2 Å². The van der Waals surface area contributed by atoms with E-state index in [-0.39, 0.29) is 35.8 Å². The van der Waals surface area contributed by atoms with E-state index < -0.39 is 35.5 Å². The fraction of sp³-hybridized carbons (Fsp3) is 0.524. The van der Waals surface area contributed by atoms with Gasteiger partial charge in [-0.3, -0.25) is 29.4 Å². The average Bonchev–Trinajstić information content (AvgIpc) is 2.98. The first-order valence-electron chi connectivity index (χ1n) is 10.5. The van der Waals surface area contributed by atoms with Gasteiger partial charge in [0.1, 0.15) is 11.9 Å². The summed E-state index contributed by atoms with van der Waals surface area (Å²) in [7, 11) is 0. The van der Waals surface area contributed by atoms with Crippen molar-refractivity contribution in [2.75, 3.05) is 31.1 Å². The number of nitrogens with one attached hydrogen (secondary N) is 1. The van der Waals surface area contributed by atoms with Crippen LogP contribution in [0.25, 0.3) is 0 Å². The van der Waals surface area contributed by atoms with Gasteiger partial charge in [-0.1, -0.05) is 0 Å². The first-order valence-corrected chi connectivity index (χ1v) is 10.5. The van der Waals surface area contributed by atoms with Gasteiger partial charge < -0.3 is 15.4 Å². The van der Waals surface area contributed by atoms with Gasteiger partial charge in [0, 0.05) is 26.1 Å². The number of anilines is 1. The molecule has 1 aromatic rings. The number of carbonyl (C=O) groups excluding carboxylic acids is 4. The summed E-state index contributed by atoms with van der Waals surface area (Å²) in [5.74, 6) is -3.08. The molecule has 2 fully saturated rings. The molecule has 3 aliphatic heterocycles. The third-order valence-corrected chi connectivity index (χ3v) is 5.99. The van der Waals surface area contributed by atoms with Gasteiger partial charge in [-0.15, -0.1) is 0 Å². The van der Waals surface area contributed by atoms with Crippen LogP contribution in [0.3, 0.4) is 0 Å². The summed E-state index contributed by atoms with van der Waals surface area (Å²) in [5.41, 5.74) is 5.75. The van der Waals surface area contributed by atoms with Gasteiger partial charge in [-0.05, 0) is 44.4 Å². The zero-order chi connectivity index (χ0) is 22.1. The summed E-state index contributed by atoms with van der Waals surface area (Å²) < 4.78 is 20.7. The minimum Gasteiger partial charge on any atom is -0.378 e. The predicted octanol–water partition coefficient (Wildman–Crippen LogP) is 0.561. The maximum Gasteiger partial charge on any atom is 0.262 e. The Kier molecular flexibility index (Phi) is 6.01. The molecule has 9 nitrogen and oxygen atoms in total. The lowest BCUT2D eigenvalue weighted by Crippen LogP contribution is -2.54. The van der Waals surface area contributed by atoms with Crippen LogP contribution in [0.1, 0.15) is 52.8 Å². The van der Waals surface area contributed by atoms with Crippen molar-refractivity contribution < 1.29 is 28.3 Å². The first kappa shape index (κ1) is 21.4. The lowest BCUT2D eigenvalue weighted by molar-refractivity contribution is -0.136. The van der Waals surface area contributed by atoms with Crippen molar-refractivity contribution in [2.24, 2.45) is 5.73 Å². The quantitative estimate of drug-likeness (QED) is 0.498. The van der Waals surface area contributed by atoms with Gasteiger partial charge in [-0.25, -0.2) is 4.39 Å². The highest BCUT2D eigenvalue weighted by molar-refractivity contribution is 6.23. The molecule has 4 amide bonds. The summed E-state index contributed by atoms with van der Waals surface area (Å²) in [6, 6.07) is 1.39. The second kappa shape index (κ2) is 8.72. The number of piperidine rings is 2. The molecule has 0 aliphatic carbocycles. The topological polar surface area (TPSA) is 122 Å². The number of amides is 4. The van der Waals surface area contributed by atoms with Crippen LogP contribution in [0, 0.1) is 5.82 Å². The minimum atomic E-state index is -1.07. The van der Waals surface area contributed by atoms with Gasteiger partial charge in [0.2, 0.25) is 11.8 Å².